The van der Waals surface area contributed by atoms with Crippen molar-refractivity contribution in [1.29, 1.82) is 0 Å². The number of benzene rings is 1. The van der Waals surface area contributed by atoms with E-state index in [0.717, 1.165) is 18.5 Å². The minimum atomic E-state index is -0.222. The molecule has 0 aliphatic carbocycles. The third-order valence-electron chi connectivity index (χ3n) is 2.46. The monoisotopic (exact) mass is 270 g/mol. The summed E-state index contributed by atoms with van der Waals surface area (Å²) in [4.78, 5) is 1.89. The van der Waals surface area contributed by atoms with Gasteiger partial charge < -0.3 is 15.0 Å². The lowest BCUT2D eigenvalue weighted by atomic mass is 10.2. The third-order valence-corrected chi connectivity index (χ3v) is 2.91. The zero-order valence-electron chi connectivity index (χ0n) is 10.8. The van der Waals surface area contributed by atoms with Gasteiger partial charge in [0.1, 0.15) is 5.82 Å². The smallest absolute Gasteiger partial charge is 0.168 e. The summed E-state index contributed by atoms with van der Waals surface area (Å²) in [5, 5.41) is 3.80. The van der Waals surface area contributed by atoms with E-state index in [-0.39, 0.29) is 5.82 Å². The Balaban J connectivity index is 2.35. The molecule has 18 heavy (non-hydrogen) atoms. The molecule has 1 N–H and O–H groups in total. The normalized spacial score (nSPS) is 10.2. The number of nitrogens with one attached hydrogen (secondary N) is 1. The summed E-state index contributed by atoms with van der Waals surface area (Å²) in [6, 6.07) is 6.54. The molecule has 0 fully saturated rings. The fourth-order valence-corrected chi connectivity index (χ4v) is 1.69. The van der Waals surface area contributed by atoms with E-state index >= 15 is 0 Å². The minimum Gasteiger partial charge on any atom is -0.385 e. The molecule has 0 aromatic heterocycles. The van der Waals surface area contributed by atoms with Crippen molar-refractivity contribution >= 4 is 17.3 Å². The number of nitrogens with zero attached hydrogens (tertiary/aromatic N) is 1. The van der Waals surface area contributed by atoms with Crippen molar-refractivity contribution in [3.8, 4) is 0 Å². The van der Waals surface area contributed by atoms with Gasteiger partial charge in [-0.15, -0.1) is 0 Å². The second-order valence-electron chi connectivity index (χ2n) is 4.06. The standard InChI is InChI=1S/C13H19FN2OS/c1-16(13(18)15-7-4-8-17-2)10-11-5-3-6-12(14)9-11/h3,5-6,9H,4,7-8,10H2,1-2H3,(H,15,18). The summed E-state index contributed by atoms with van der Waals surface area (Å²) in [6.07, 6.45) is 0.907. The van der Waals surface area contributed by atoms with E-state index in [1.165, 1.54) is 12.1 Å². The molecule has 0 unspecified atom stereocenters. The Labute approximate surface area is 113 Å². The second kappa shape index (κ2) is 8.00. The van der Waals surface area contributed by atoms with Gasteiger partial charge >= 0.3 is 0 Å². The molecule has 0 saturated carbocycles. The van der Waals surface area contributed by atoms with E-state index in [2.05, 4.69) is 5.32 Å². The number of methoxy groups -OCH3 is 1. The highest BCUT2D eigenvalue weighted by atomic mass is 32.1. The topological polar surface area (TPSA) is 24.5 Å². The lowest BCUT2D eigenvalue weighted by Crippen LogP contribution is -2.37. The Morgan fingerprint density at radius 2 is 2.28 bits per heavy atom. The minimum absolute atomic E-state index is 0.222. The van der Waals surface area contributed by atoms with Gasteiger partial charge in [0, 0.05) is 33.9 Å². The zero-order chi connectivity index (χ0) is 13.4. The van der Waals surface area contributed by atoms with Crippen molar-refractivity contribution in [2.45, 2.75) is 13.0 Å². The first-order valence-corrected chi connectivity index (χ1v) is 6.26. The van der Waals surface area contributed by atoms with Gasteiger partial charge in [-0.25, -0.2) is 4.39 Å². The average Bonchev–Trinajstić information content (AvgIpc) is 2.34. The average molecular weight is 270 g/mol. The quantitative estimate of drug-likeness (QED) is 0.632. The van der Waals surface area contributed by atoms with Gasteiger partial charge in [-0.1, -0.05) is 12.1 Å². The molecule has 0 aliphatic rings. The van der Waals surface area contributed by atoms with E-state index in [1.807, 2.05) is 18.0 Å². The zero-order valence-corrected chi connectivity index (χ0v) is 11.6. The molecule has 0 amide bonds. The number of hydrogen-bond donors (Lipinski definition) is 1. The number of rotatable bonds is 6. The first kappa shape index (κ1) is 14.9. The van der Waals surface area contributed by atoms with E-state index in [4.69, 9.17) is 17.0 Å². The van der Waals surface area contributed by atoms with Gasteiger partial charge in [-0.2, -0.15) is 0 Å². The van der Waals surface area contributed by atoms with Crippen LogP contribution in [0.5, 0.6) is 0 Å². The first-order valence-electron chi connectivity index (χ1n) is 5.86. The largest absolute Gasteiger partial charge is 0.385 e. The van der Waals surface area contributed by atoms with Gasteiger partial charge in [0.15, 0.2) is 5.11 Å². The van der Waals surface area contributed by atoms with Crippen molar-refractivity contribution in [3.05, 3.63) is 35.6 Å². The van der Waals surface area contributed by atoms with Crippen LogP contribution in [-0.4, -0.2) is 37.3 Å². The van der Waals surface area contributed by atoms with Gasteiger partial charge in [0.25, 0.3) is 0 Å². The number of thiocarbonyl (C=S) groups is 1. The highest BCUT2D eigenvalue weighted by Gasteiger charge is 2.05. The van der Waals surface area contributed by atoms with Crippen LogP contribution >= 0.6 is 12.2 Å². The maximum absolute atomic E-state index is 13.0. The fourth-order valence-electron chi connectivity index (χ4n) is 1.53. The molecule has 1 rings (SSSR count). The summed E-state index contributed by atoms with van der Waals surface area (Å²) in [5.74, 6) is -0.222. The summed E-state index contributed by atoms with van der Waals surface area (Å²) < 4.78 is 18.0. The maximum Gasteiger partial charge on any atom is 0.168 e. The lowest BCUT2D eigenvalue weighted by Gasteiger charge is -2.21. The Bertz CT molecular complexity index is 387. The Kier molecular flexibility index (Phi) is 6.60. The summed E-state index contributed by atoms with van der Waals surface area (Å²) in [6.45, 7) is 2.08. The Hall–Kier alpha value is -1.20. The van der Waals surface area contributed by atoms with Gasteiger partial charge in [0.05, 0.1) is 0 Å². The van der Waals surface area contributed by atoms with Crippen molar-refractivity contribution in [2.75, 3.05) is 27.3 Å². The molecule has 0 aliphatic heterocycles. The van der Waals surface area contributed by atoms with E-state index in [1.54, 1.807) is 13.2 Å². The van der Waals surface area contributed by atoms with Crippen molar-refractivity contribution in [3.63, 3.8) is 0 Å². The molecule has 3 nitrogen and oxygen atoms in total. The van der Waals surface area contributed by atoms with E-state index in [0.29, 0.717) is 18.3 Å². The van der Waals surface area contributed by atoms with Gasteiger partial charge in [0.2, 0.25) is 0 Å². The van der Waals surface area contributed by atoms with Crippen LogP contribution in [0.25, 0.3) is 0 Å². The highest BCUT2D eigenvalue weighted by molar-refractivity contribution is 7.80. The van der Waals surface area contributed by atoms with Crippen LogP contribution < -0.4 is 5.32 Å². The van der Waals surface area contributed by atoms with E-state index < -0.39 is 0 Å². The van der Waals surface area contributed by atoms with Crippen LogP contribution in [0.3, 0.4) is 0 Å². The third kappa shape index (κ3) is 5.42. The Morgan fingerprint density at radius 1 is 1.50 bits per heavy atom. The number of halogens is 1. The summed E-state index contributed by atoms with van der Waals surface area (Å²) in [7, 11) is 3.56. The molecular weight excluding hydrogens is 251 g/mol. The molecule has 1 aromatic carbocycles. The van der Waals surface area contributed by atoms with Gasteiger partial charge in [-0.05, 0) is 36.3 Å². The number of ether oxygens (including phenoxy) is 1. The van der Waals surface area contributed by atoms with E-state index in [9.17, 15) is 4.39 Å². The van der Waals surface area contributed by atoms with Crippen LogP contribution in [0.1, 0.15) is 12.0 Å². The predicted octanol–water partition coefficient (Wildman–Crippen LogP) is 2.17. The van der Waals surface area contributed by atoms with Crippen LogP contribution in [0.2, 0.25) is 0 Å². The SMILES string of the molecule is COCCCNC(=S)N(C)Cc1cccc(F)c1. The maximum atomic E-state index is 13.0. The second-order valence-corrected chi connectivity index (χ2v) is 4.45. The van der Waals surface area contributed by atoms with Crippen molar-refractivity contribution < 1.29 is 9.13 Å². The van der Waals surface area contributed by atoms with Crippen molar-refractivity contribution in [2.24, 2.45) is 0 Å². The summed E-state index contributed by atoms with van der Waals surface area (Å²) >= 11 is 5.24. The molecule has 0 heterocycles. The molecule has 0 bridgehead atoms. The van der Waals surface area contributed by atoms with Crippen LogP contribution in [0, 0.1) is 5.82 Å². The molecule has 0 radical (unpaired) electrons. The fraction of sp³-hybridized carbons (Fsp3) is 0.462. The molecule has 100 valence electrons. The Morgan fingerprint density at radius 3 is 2.94 bits per heavy atom. The molecule has 0 saturated heterocycles. The lowest BCUT2D eigenvalue weighted by molar-refractivity contribution is 0.195. The molecule has 0 atom stereocenters. The number of hydrogen-bond acceptors (Lipinski definition) is 2. The van der Waals surface area contributed by atoms with Crippen LogP contribution in [-0.2, 0) is 11.3 Å². The first-order chi connectivity index (χ1) is 8.63. The molecular formula is C13H19FN2OS. The summed E-state index contributed by atoms with van der Waals surface area (Å²) in [5.41, 5.74) is 0.901. The van der Waals surface area contributed by atoms with Crippen LogP contribution in [0.4, 0.5) is 4.39 Å². The molecule has 5 heteroatoms. The van der Waals surface area contributed by atoms with Crippen LogP contribution in [0.15, 0.2) is 24.3 Å². The predicted molar refractivity (Wildman–Crippen MR) is 75.0 cm³/mol. The van der Waals surface area contributed by atoms with Crippen molar-refractivity contribution in [1.82, 2.24) is 10.2 Å². The highest BCUT2D eigenvalue weighted by Crippen LogP contribution is 2.06. The molecule has 1 aromatic rings. The van der Waals surface area contributed by atoms with Gasteiger partial charge in [-0.3, -0.25) is 0 Å². The molecule has 0 spiro atoms.